The normalized spacial score (nSPS) is 17.6. The minimum absolute atomic E-state index is 0.347. The number of nitrogens with two attached hydrogens (primary N) is 1. The van der Waals surface area contributed by atoms with Crippen LogP contribution in [0.25, 0.3) is 0 Å². The van der Waals surface area contributed by atoms with E-state index in [1.807, 2.05) is 0 Å². The fourth-order valence-electron chi connectivity index (χ4n) is 2.71. The number of fused-ring (bicyclic) bond motifs is 1. The molecule has 0 saturated heterocycles. The number of rotatable bonds is 3. The van der Waals surface area contributed by atoms with E-state index in [0.29, 0.717) is 17.7 Å². The van der Waals surface area contributed by atoms with Crippen LogP contribution in [0.3, 0.4) is 0 Å². The molecule has 2 aromatic rings. The van der Waals surface area contributed by atoms with Gasteiger partial charge < -0.3 is 10.3 Å². The van der Waals surface area contributed by atoms with Crippen molar-refractivity contribution in [3.05, 3.63) is 46.7 Å². The maximum atomic E-state index is 5.92. The van der Waals surface area contributed by atoms with Crippen molar-refractivity contribution >= 4 is 5.82 Å². The summed E-state index contributed by atoms with van der Waals surface area (Å²) in [5.74, 6) is 2.43. The first-order valence-corrected chi connectivity index (χ1v) is 6.48. The van der Waals surface area contributed by atoms with Crippen LogP contribution < -0.4 is 5.73 Å². The van der Waals surface area contributed by atoms with Gasteiger partial charge in [-0.1, -0.05) is 43.3 Å². The molecule has 0 saturated carbocycles. The average Bonchev–Trinajstić information content (AvgIpc) is 2.63. The summed E-state index contributed by atoms with van der Waals surface area (Å²) in [6.07, 6.45) is 1.97. The van der Waals surface area contributed by atoms with Gasteiger partial charge in [0.15, 0.2) is 5.82 Å². The van der Waals surface area contributed by atoms with Crippen LogP contribution in [0.4, 0.5) is 5.82 Å². The van der Waals surface area contributed by atoms with Crippen LogP contribution in [-0.2, 0) is 12.8 Å². The van der Waals surface area contributed by atoms with Crippen molar-refractivity contribution in [1.82, 2.24) is 5.16 Å². The monoisotopic (exact) mass is 242 g/mol. The Bertz CT molecular complexity index is 572. The predicted molar refractivity (Wildman–Crippen MR) is 71.4 cm³/mol. The van der Waals surface area contributed by atoms with E-state index < -0.39 is 0 Å². The van der Waals surface area contributed by atoms with Crippen molar-refractivity contribution < 1.29 is 4.52 Å². The van der Waals surface area contributed by atoms with Gasteiger partial charge in [0.2, 0.25) is 0 Å². The molecule has 1 atom stereocenters. The molecule has 0 aliphatic heterocycles. The Kier molecular flexibility index (Phi) is 2.62. The fraction of sp³-hybridized carbons (Fsp3) is 0.400. The molecule has 3 rings (SSSR count). The van der Waals surface area contributed by atoms with Crippen LogP contribution in [0.1, 0.15) is 42.2 Å². The highest BCUT2D eigenvalue weighted by Gasteiger charge is 2.33. The number of hydrogen-bond donors (Lipinski definition) is 1. The molecule has 1 unspecified atom stereocenters. The van der Waals surface area contributed by atoms with Crippen LogP contribution >= 0.6 is 0 Å². The van der Waals surface area contributed by atoms with Crippen molar-refractivity contribution in [3.8, 4) is 0 Å². The number of hydrogen-bond acceptors (Lipinski definition) is 3. The summed E-state index contributed by atoms with van der Waals surface area (Å²) in [6.45, 7) is 4.37. The summed E-state index contributed by atoms with van der Waals surface area (Å²) in [5.41, 5.74) is 9.79. The number of nitrogens with zero attached hydrogens (tertiary/aromatic N) is 1. The lowest BCUT2D eigenvalue weighted by atomic mass is 9.75. The first kappa shape index (κ1) is 11.3. The van der Waals surface area contributed by atoms with Crippen molar-refractivity contribution in [3.63, 3.8) is 0 Å². The standard InChI is InChI=1S/C15H18N2O/c1-9(2)7-13-14(18-17-15(13)16)12-8-10-5-3-4-6-11(10)12/h3-6,9,12H,7-8H2,1-2H3,(H2,16,17). The first-order chi connectivity index (χ1) is 8.66. The van der Waals surface area contributed by atoms with Gasteiger partial charge in [0.1, 0.15) is 5.76 Å². The molecule has 1 aliphatic carbocycles. The quantitative estimate of drug-likeness (QED) is 0.899. The Labute approximate surface area is 107 Å². The zero-order valence-electron chi connectivity index (χ0n) is 10.8. The van der Waals surface area contributed by atoms with Crippen LogP contribution in [-0.4, -0.2) is 5.16 Å². The van der Waals surface area contributed by atoms with Gasteiger partial charge in [0, 0.05) is 11.5 Å². The maximum absolute atomic E-state index is 5.92. The van der Waals surface area contributed by atoms with Gasteiger partial charge in [-0.3, -0.25) is 0 Å². The molecule has 0 bridgehead atoms. The van der Waals surface area contributed by atoms with Gasteiger partial charge in [0.25, 0.3) is 0 Å². The van der Waals surface area contributed by atoms with Gasteiger partial charge in [-0.2, -0.15) is 0 Å². The summed E-state index contributed by atoms with van der Waals surface area (Å²) in [7, 11) is 0. The van der Waals surface area contributed by atoms with Gasteiger partial charge in [-0.25, -0.2) is 0 Å². The Morgan fingerprint density at radius 2 is 2.17 bits per heavy atom. The number of nitrogen functional groups attached to an aromatic ring is 1. The van der Waals surface area contributed by atoms with Crippen molar-refractivity contribution in [2.75, 3.05) is 5.73 Å². The molecule has 1 aliphatic rings. The van der Waals surface area contributed by atoms with E-state index in [-0.39, 0.29) is 0 Å². The second kappa shape index (κ2) is 4.16. The third-order valence-corrected chi connectivity index (χ3v) is 3.63. The lowest BCUT2D eigenvalue weighted by Gasteiger charge is -2.28. The minimum Gasteiger partial charge on any atom is -0.381 e. The summed E-state index contributed by atoms with van der Waals surface area (Å²) in [4.78, 5) is 0. The third-order valence-electron chi connectivity index (χ3n) is 3.63. The zero-order valence-corrected chi connectivity index (χ0v) is 10.8. The summed E-state index contributed by atoms with van der Waals surface area (Å²) in [5, 5.41) is 3.95. The van der Waals surface area contributed by atoms with E-state index in [0.717, 1.165) is 24.2 Å². The van der Waals surface area contributed by atoms with Crippen LogP contribution in [0, 0.1) is 5.92 Å². The smallest absolute Gasteiger partial charge is 0.170 e. The van der Waals surface area contributed by atoms with Crippen molar-refractivity contribution in [2.24, 2.45) is 5.92 Å². The molecule has 3 nitrogen and oxygen atoms in total. The van der Waals surface area contributed by atoms with Gasteiger partial charge in [-0.05, 0) is 29.9 Å². The second-order valence-corrected chi connectivity index (χ2v) is 5.46. The molecular weight excluding hydrogens is 224 g/mol. The van der Waals surface area contributed by atoms with Crippen LogP contribution in [0.15, 0.2) is 28.8 Å². The zero-order chi connectivity index (χ0) is 12.7. The Morgan fingerprint density at radius 3 is 2.89 bits per heavy atom. The van der Waals surface area contributed by atoms with E-state index in [1.165, 1.54) is 11.1 Å². The molecule has 2 N–H and O–H groups in total. The van der Waals surface area contributed by atoms with E-state index in [4.69, 9.17) is 10.3 Å². The summed E-state index contributed by atoms with van der Waals surface area (Å²) < 4.78 is 5.48. The molecular formula is C15H18N2O. The van der Waals surface area contributed by atoms with E-state index in [9.17, 15) is 0 Å². The molecule has 94 valence electrons. The van der Waals surface area contributed by atoms with Gasteiger partial charge in [0.05, 0.1) is 0 Å². The number of benzene rings is 1. The van der Waals surface area contributed by atoms with Crippen LogP contribution in [0.2, 0.25) is 0 Å². The Balaban J connectivity index is 1.95. The molecule has 0 fully saturated rings. The molecule has 0 radical (unpaired) electrons. The average molecular weight is 242 g/mol. The predicted octanol–water partition coefficient (Wildman–Crippen LogP) is 3.14. The second-order valence-electron chi connectivity index (χ2n) is 5.46. The number of anilines is 1. The molecule has 1 aromatic heterocycles. The van der Waals surface area contributed by atoms with Crippen molar-refractivity contribution in [2.45, 2.75) is 32.6 Å². The largest absolute Gasteiger partial charge is 0.381 e. The van der Waals surface area contributed by atoms with E-state index in [1.54, 1.807) is 0 Å². The van der Waals surface area contributed by atoms with E-state index >= 15 is 0 Å². The first-order valence-electron chi connectivity index (χ1n) is 6.48. The SMILES string of the molecule is CC(C)Cc1c(N)noc1C1Cc2ccccc21. The Hall–Kier alpha value is -1.77. The van der Waals surface area contributed by atoms with E-state index in [2.05, 4.69) is 43.3 Å². The highest BCUT2D eigenvalue weighted by molar-refractivity contribution is 5.51. The molecule has 1 heterocycles. The molecule has 1 aromatic carbocycles. The summed E-state index contributed by atoms with van der Waals surface area (Å²) >= 11 is 0. The molecule has 0 amide bonds. The van der Waals surface area contributed by atoms with Gasteiger partial charge >= 0.3 is 0 Å². The minimum atomic E-state index is 0.347. The highest BCUT2D eigenvalue weighted by Crippen LogP contribution is 2.42. The third kappa shape index (κ3) is 1.70. The van der Waals surface area contributed by atoms with Crippen molar-refractivity contribution in [1.29, 1.82) is 0 Å². The molecule has 18 heavy (non-hydrogen) atoms. The highest BCUT2D eigenvalue weighted by atomic mass is 16.5. The summed E-state index contributed by atoms with van der Waals surface area (Å²) in [6, 6.07) is 8.50. The molecule has 0 spiro atoms. The number of aromatic nitrogens is 1. The lowest BCUT2D eigenvalue weighted by Crippen LogP contribution is -2.19. The topological polar surface area (TPSA) is 52.0 Å². The fourth-order valence-corrected chi connectivity index (χ4v) is 2.71. The van der Waals surface area contributed by atoms with Crippen LogP contribution in [0.5, 0.6) is 0 Å². The molecule has 3 heteroatoms. The Morgan fingerprint density at radius 1 is 1.39 bits per heavy atom. The lowest BCUT2D eigenvalue weighted by molar-refractivity contribution is 0.361. The van der Waals surface area contributed by atoms with Gasteiger partial charge in [-0.15, -0.1) is 0 Å². The maximum Gasteiger partial charge on any atom is 0.170 e.